The van der Waals surface area contributed by atoms with E-state index in [1.807, 2.05) is 6.92 Å². The van der Waals surface area contributed by atoms with E-state index in [1.54, 1.807) is 12.1 Å². The third-order valence-electron chi connectivity index (χ3n) is 4.38. The fraction of sp³-hybridized carbons (Fsp3) is 0.444. The van der Waals surface area contributed by atoms with Gasteiger partial charge in [-0.2, -0.15) is 5.10 Å². The zero-order valence-electron chi connectivity index (χ0n) is 14.3. The predicted octanol–water partition coefficient (Wildman–Crippen LogP) is 1.52. The van der Waals surface area contributed by atoms with Crippen molar-refractivity contribution < 1.29 is 13.9 Å². The molecule has 0 spiro atoms. The van der Waals surface area contributed by atoms with Crippen LogP contribution in [0.1, 0.15) is 11.3 Å². The summed E-state index contributed by atoms with van der Waals surface area (Å²) in [5.41, 5.74) is 3.18. The Bertz CT molecular complexity index is 708. The Morgan fingerprint density at radius 3 is 2.76 bits per heavy atom. The van der Waals surface area contributed by atoms with Crippen LogP contribution < -0.4 is 5.32 Å². The van der Waals surface area contributed by atoms with E-state index in [4.69, 9.17) is 4.74 Å². The first-order valence-electron chi connectivity index (χ1n) is 8.50. The molecule has 25 heavy (non-hydrogen) atoms. The molecule has 1 amide bonds. The molecular formula is C18H23FN4O2. The van der Waals surface area contributed by atoms with Crippen molar-refractivity contribution in [3.8, 4) is 11.3 Å². The normalized spacial score (nSPS) is 15.3. The maximum atomic E-state index is 13.1. The maximum absolute atomic E-state index is 13.1. The Hall–Kier alpha value is -2.25. The first-order chi connectivity index (χ1) is 12.1. The quantitative estimate of drug-likeness (QED) is 0.832. The summed E-state index contributed by atoms with van der Waals surface area (Å²) in [4.78, 5) is 14.6. The highest BCUT2D eigenvalue weighted by Gasteiger charge is 2.16. The van der Waals surface area contributed by atoms with Gasteiger partial charge in [0.15, 0.2) is 0 Å². The minimum atomic E-state index is -0.293. The van der Waals surface area contributed by atoms with Gasteiger partial charge in [-0.25, -0.2) is 4.39 Å². The smallest absolute Gasteiger partial charge is 0.224 e. The van der Waals surface area contributed by atoms with Crippen molar-refractivity contribution >= 4 is 5.91 Å². The Morgan fingerprint density at radius 2 is 2.04 bits per heavy atom. The third-order valence-corrected chi connectivity index (χ3v) is 4.38. The summed E-state index contributed by atoms with van der Waals surface area (Å²) in [6.07, 6.45) is 0.248. The molecule has 6 nitrogen and oxygen atoms in total. The monoisotopic (exact) mass is 346 g/mol. The van der Waals surface area contributed by atoms with Crippen LogP contribution in [0, 0.1) is 12.7 Å². The Labute approximate surface area is 146 Å². The molecule has 0 unspecified atom stereocenters. The largest absolute Gasteiger partial charge is 0.379 e. The van der Waals surface area contributed by atoms with Gasteiger partial charge in [0.25, 0.3) is 0 Å². The van der Waals surface area contributed by atoms with Crippen LogP contribution in [-0.2, 0) is 16.0 Å². The molecule has 134 valence electrons. The van der Waals surface area contributed by atoms with Gasteiger partial charge >= 0.3 is 0 Å². The van der Waals surface area contributed by atoms with Crippen molar-refractivity contribution in [2.24, 2.45) is 0 Å². The molecule has 1 fully saturated rings. The molecule has 0 aliphatic carbocycles. The van der Waals surface area contributed by atoms with Crippen molar-refractivity contribution in [2.75, 3.05) is 39.4 Å². The van der Waals surface area contributed by atoms with Crippen LogP contribution in [0.15, 0.2) is 24.3 Å². The van der Waals surface area contributed by atoms with E-state index in [0.29, 0.717) is 12.2 Å². The van der Waals surface area contributed by atoms with Gasteiger partial charge in [-0.05, 0) is 31.2 Å². The summed E-state index contributed by atoms with van der Waals surface area (Å²) in [5, 5.41) is 10.2. The SMILES string of the molecule is Cc1[nH]nc(-c2ccc(F)cc2)c1CC(=O)NCCN1CCOCC1. The van der Waals surface area contributed by atoms with E-state index < -0.39 is 0 Å². The lowest BCUT2D eigenvalue weighted by molar-refractivity contribution is -0.120. The predicted molar refractivity (Wildman–Crippen MR) is 92.7 cm³/mol. The first-order valence-corrected chi connectivity index (χ1v) is 8.50. The van der Waals surface area contributed by atoms with Crippen LogP contribution in [0.4, 0.5) is 4.39 Å². The minimum Gasteiger partial charge on any atom is -0.379 e. The number of amides is 1. The highest BCUT2D eigenvalue weighted by molar-refractivity contribution is 5.81. The fourth-order valence-electron chi connectivity index (χ4n) is 2.92. The second-order valence-corrected chi connectivity index (χ2v) is 6.16. The number of halogens is 1. The van der Waals surface area contributed by atoms with E-state index in [2.05, 4.69) is 20.4 Å². The Kier molecular flexibility index (Phi) is 5.78. The second kappa shape index (κ2) is 8.22. The van der Waals surface area contributed by atoms with Crippen molar-refractivity contribution in [1.82, 2.24) is 20.4 Å². The molecule has 0 atom stereocenters. The number of carbonyl (C=O) groups excluding carboxylic acids is 1. The molecule has 1 aliphatic rings. The molecule has 3 rings (SSSR count). The molecule has 1 aromatic heterocycles. The number of ether oxygens (including phenoxy) is 1. The van der Waals surface area contributed by atoms with Crippen molar-refractivity contribution in [1.29, 1.82) is 0 Å². The number of rotatable bonds is 6. The van der Waals surface area contributed by atoms with E-state index >= 15 is 0 Å². The Balaban J connectivity index is 1.57. The lowest BCUT2D eigenvalue weighted by atomic mass is 10.0. The number of hydrogen-bond donors (Lipinski definition) is 2. The van der Waals surface area contributed by atoms with Gasteiger partial charge in [0, 0.05) is 43.0 Å². The van der Waals surface area contributed by atoms with E-state index in [1.165, 1.54) is 12.1 Å². The van der Waals surface area contributed by atoms with Gasteiger partial charge in [0.2, 0.25) is 5.91 Å². The van der Waals surface area contributed by atoms with Crippen LogP contribution >= 0.6 is 0 Å². The molecule has 2 heterocycles. The highest BCUT2D eigenvalue weighted by atomic mass is 19.1. The molecular weight excluding hydrogens is 323 g/mol. The topological polar surface area (TPSA) is 70.2 Å². The van der Waals surface area contributed by atoms with E-state index in [0.717, 1.165) is 49.7 Å². The molecule has 7 heteroatoms. The number of benzene rings is 1. The summed E-state index contributed by atoms with van der Waals surface area (Å²) in [6, 6.07) is 6.13. The molecule has 0 radical (unpaired) electrons. The van der Waals surface area contributed by atoms with Gasteiger partial charge in [0.05, 0.1) is 25.3 Å². The number of morpholine rings is 1. The number of H-pyrrole nitrogens is 1. The van der Waals surface area contributed by atoms with Gasteiger partial charge < -0.3 is 10.1 Å². The number of nitrogens with one attached hydrogen (secondary N) is 2. The Morgan fingerprint density at radius 1 is 1.32 bits per heavy atom. The average Bonchev–Trinajstić information content (AvgIpc) is 2.97. The van der Waals surface area contributed by atoms with Crippen LogP contribution in [0.25, 0.3) is 11.3 Å². The summed E-state index contributed by atoms with van der Waals surface area (Å²) in [5.74, 6) is -0.334. The third kappa shape index (κ3) is 4.64. The zero-order chi connectivity index (χ0) is 17.6. The lowest BCUT2D eigenvalue weighted by Crippen LogP contribution is -2.41. The van der Waals surface area contributed by atoms with Gasteiger partial charge in [-0.3, -0.25) is 14.8 Å². The summed E-state index contributed by atoms with van der Waals surface area (Å²) >= 11 is 0. The number of nitrogens with zero attached hydrogens (tertiary/aromatic N) is 2. The lowest BCUT2D eigenvalue weighted by Gasteiger charge is -2.26. The fourth-order valence-corrected chi connectivity index (χ4v) is 2.92. The first kappa shape index (κ1) is 17.6. The number of aromatic amines is 1. The molecule has 0 saturated carbocycles. The van der Waals surface area contributed by atoms with E-state index in [9.17, 15) is 9.18 Å². The number of aromatic nitrogens is 2. The van der Waals surface area contributed by atoms with Crippen LogP contribution in [0.3, 0.4) is 0 Å². The van der Waals surface area contributed by atoms with Crippen molar-refractivity contribution in [3.63, 3.8) is 0 Å². The minimum absolute atomic E-state index is 0.0406. The summed E-state index contributed by atoms with van der Waals surface area (Å²) in [7, 11) is 0. The standard InChI is InChI=1S/C18H23FN4O2/c1-13-16(18(22-21-13)14-2-4-15(19)5-3-14)12-17(24)20-6-7-23-8-10-25-11-9-23/h2-5H,6-12H2,1H3,(H,20,24)(H,21,22). The highest BCUT2D eigenvalue weighted by Crippen LogP contribution is 2.24. The number of aryl methyl sites for hydroxylation is 1. The summed E-state index contributed by atoms with van der Waals surface area (Å²) < 4.78 is 18.4. The number of hydrogen-bond acceptors (Lipinski definition) is 4. The van der Waals surface area contributed by atoms with Crippen molar-refractivity contribution in [2.45, 2.75) is 13.3 Å². The van der Waals surface area contributed by atoms with Crippen LogP contribution in [0.2, 0.25) is 0 Å². The molecule has 1 aliphatic heterocycles. The van der Waals surface area contributed by atoms with Crippen molar-refractivity contribution in [3.05, 3.63) is 41.3 Å². The van der Waals surface area contributed by atoms with Gasteiger partial charge in [-0.1, -0.05) is 0 Å². The van der Waals surface area contributed by atoms with Crippen LogP contribution in [0.5, 0.6) is 0 Å². The second-order valence-electron chi connectivity index (χ2n) is 6.16. The average molecular weight is 346 g/mol. The maximum Gasteiger partial charge on any atom is 0.224 e. The molecule has 1 aromatic carbocycles. The van der Waals surface area contributed by atoms with Gasteiger partial charge in [0.1, 0.15) is 5.82 Å². The van der Waals surface area contributed by atoms with Gasteiger partial charge in [-0.15, -0.1) is 0 Å². The summed E-state index contributed by atoms with van der Waals surface area (Å²) in [6.45, 7) is 6.64. The molecule has 0 bridgehead atoms. The molecule has 2 N–H and O–H groups in total. The van der Waals surface area contributed by atoms with E-state index in [-0.39, 0.29) is 18.1 Å². The zero-order valence-corrected chi connectivity index (χ0v) is 14.3. The molecule has 1 saturated heterocycles. The number of carbonyl (C=O) groups is 1. The molecule has 2 aromatic rings. The van der Waals surface area contributed by atoms with Crippen LogP contribution in [-0.4, -0.2) is 60.4 Å².